The van der Waals surface area contributed by atoms with E-state index >= 15 is 0 Å². The number of hydrogen-bond acceptors (Lipinski definition) is 3. The van der Waals surface area contributed by atoms with Crippen LogP contribution in [-0.4, -0.2) is 34.9 Å². The molecule has 146 valence electrons. The van der Waals surface area contributed by atoms with Crippen LogP contribution in [0.4, 0.5) is 0 Å². The van der Waals surface area contributed by atoms with Crippen molar-refractivity contribution in [1.29, 1.82) is 0 Å². The van der Waals surface area contributed by atoms with E-state index in [4.69, 9.17) is 0 Å². The third kappa shape index (κ3) is 3.82. The fraction of sp³-hybridized carbons (Fsp3) is 0.652. The van der Waals surface area contributed by atoms with Gasteiger partial charge in [0, 0.05) is 37.9 Å². The van der Waals surface area contributed by atoms with Crippen molar-refractivity contribution in [1.82, 2.24) is 15.2 Å². The van der Waals surface area contributed by atoms with Crippen LogP contribution in [0.2, 0.25) is 0 Å². The van der Waals surface area contributed by atoms with Gasteiger partial charge in [0.15, 0.2) is 0 Å². The van der Waals surface area contributed by atoms with Gasteiger partial charge in [-0.3, -0.25) is 9.78 Å². The zero-order chi connectivity index (χ0) is 18.9. The first-order valence-electron chi connectivity index (χ1n) is 10.6. The molecule has 1 unspecified atom stereocenters. The molecular weight excluding hydrogens is 334 g/mol. The van der Waals surface area contributed by atoms with Crippen LogP contribution in [0.5, 0.6) is 0 Å². The monoisotopic (exact) mass is 367 g/mol. The Hall–Kier alpha value is -1.68. The number of pyridine rings is 1. The average Bonchev–Trinajstić information content (AvgIpc) is 3.04. The van der Waals surface area contributed by atoms with Gasteiger partial charge < -0.3 is 10.2 Å². The van der Waals surface area contributed by atoms with Crippen LogP contribution < -0.4 is 5.32 Å². The van der Waals surface area contributed by atoms with Crippen molar-refractivity contribution in [3.63, 3.8) is 0 Å². The van der Waals surface area contributed by atoms with E-state index in [-0.39, 0.29) is 0 Å². The van der Waals surface area contributed by atoms with Crippen molar-refractivity contribution in [3.05, 3.63) is 41.7 Å². The number of hydrogen-bond donors (Lipinski definition) is 1. The maximum atomic E-state index is 12.4. The van der Waals surface area contributed by atoms with Gasteiger partial charge in [0.1, 0.15) is 0 Å². The second-order valence-electron chi connectivity index (χ2n) is 9.18. The lowest BCUT2D eigenvalue weighted by Crippen LogP contribution is -2.48. The van der Waals surface area contributed by atoms with E-state index in [1.807, 2.05) is 12.3 Å². The van der Waals surface area contributed by atoms with Gasteiger partial charge in [0.2, 0.25) is 5.91 Å². The third-order valence-corrected chi connectivity index (χ3v) is 7.38. The normalized spacial score (nSPS) is 28.8. The molecule has 0 aromatic carbocycles. The molecule has 2 bridgehead atoms. The van der Waals surface area contributed by atoms with Gasteiger partial charge in [-0.1, -0.05) is 31.6 Å². The van der Waals surface area contributed by atoms with E-state index in [1.54, 1.807) is 11.8 Å². The third-order valence-electron chi connectivity index (χ3n) is 7.38. The fourth-order valence-electron chi connectivity index (χ4n) is 5.41. The zero-order valence-corrected chi connectivity index (χ0v) is 16.8. The lowest BCUT2D eigenvalue weighted by atomic mass is 9.48. The van der Waals surface area contributed by atoms with Crippen molar-refractivity contribution in [2.75, 3.05) is 13.1 Å². The van der Waals surface area contributed by atoms with Gasteiger partial charge in [-0.2, -0.15) is 0 Å². The number of amides is 1. The Balaban J connectivity index is 1.24. The molecule has 3 aliphatic carbocycles. The first kappa shape index (κ1) is 18.7. The highest BCUT2D eigenvalue weighted by Crippen LogP contribution is 2.59. The van der Waals surface area contributed by atoms with Crippen molar-refractivity contribution in [3.8, 4) is 0 Å². The molecule has 1 aliphatic heterocycles. The van der Waals surface area contributed by atoms with E-state index in [0.29, 0.717) is 17.4 Å². The fourth-order valence-corrected chi connectivity index (χ4v) is 5.41. The second-order valence-corrected chi connectivity index (χ2v) is 9.18. The standard InChI is InChI=1S/C23H33N3O/c1-23(2)19-6-5-18(21(23)14-19)10-13-26-20(7-8-22(26)27)9-12-25-16-17-4-3-11-24-15-17/h3-5,11,15,19-21,25H,6-10,12-14,16H2,1-2H3/t19-,20?,21-/m0/s1. The van der Waals surface area contributed by atoms with Crippen LogP contribution in [0.1, 0.15) is 57.9 Å². The molecule has 4 heteroatoms. The number of carbonyl (C=O) groups excluding carboxylic acids is 1. The summed E-state index contributed by atoms with van der Waals surface area (Å²) in [6.45, 7) is 7.56. The van der Waals surface area contributed by atoms with Crippen LogP contribution in [0.15, 0.2) is 36.2 Å². The number of allylic oxidation sites excluding steroid dienone is 1. The summed E-state index contributed by atoms with van der Waals surface area (Å²) in [7, 11) is 0. The molecule has 1 saturated carbocycles. The van der Waals surface area contributed by atoms with Gasteiger partial charge in [0.05, 0.1) is 0 Å². The van der Waals surface area contributed by atoms with Gasteiger partial charge in [-0.15, -0.1) is 0 Å². The molecular formula is C23H33N3O. The van der Waals surface area contributed by atoms with Crippen LogP contribution in [-0.2, 0) is 11.3 Å². The summed E-state index contributed by atoms with van der Waals surface area (Å²) in [5.74, 6) is 2.00. The quantitative estimate of drug-likeness (QED) is 0.559. The van der Waals surface area contributed by atoms with E-state index in [1.165, 1.54) is 18.4 Å². The first-order chi connectivity index (χ1) is 13.1. The maximum Gasteiger partial charge on any atom is 0.222 e. The topological polar surface area (TPSA) is 45.2 Å². The minimum Gasteiger partial charge on any atom is -0.339 e. The molecule has 1 aromatic rings. The zero-order valence-electron chi connectivity index (χ0n) is 16.8. The Bertz CT molecular complexity index is 697. The minimum absolute atomic E-state index is 0.356. The van der Waals surface area contributed by atoms with Crippen molar-refractivity contribution < 1.29 is 4.79 Å². The Morgan fingerprint density at radius 3 is 3.00 bits per heavy atom. The largest absolute Gasteiger partial charge is 0.339 e. The van der Waals surface area contributed by atoms with E-state index in [9.17, 15) is 4.79 Å². The lowest BCUT2D eigenvalue weighted by Gasteiger charge is -2.56. The van der Waals surface area contributed by atoms with Gasteiger partial charge in [-0.05, 0) is 67.5 Å². The van der Waals surface area contributed by atoms with E-state index < -0.39 is 0 Å². The molecule has 0 radical (unpaired) electrons. The summed E-state index contributed by atoms with van der Waals surface area (Å²) >= 11 is 0. The molecule has 3 atom stereocenters. The second kappa shape index (κ2) is 7.75. The number of aromatic nitrogens is 1. The minimum atomic E-state index is 0.356. The molecule has 1 aromatic heterocycles. The predicted octanol–water partition coefficient (Wildman–Crippen LogP) is 3.93. The molecule has 1 amide bonds. The number of fused-ring (bicyclic) bond motifs is 1. The van der Waals surface area contributed by atoms with Crippen LogP contribution in [0, 0.1) is 17.3 Å². The molecule has 5 rings (SSSR count). The summed E-state index contributed by atoms with van der Waals surface area (Å²) in [6.07, 6.45) is 12.7. The molecule has 1 saturated heterocycles. The van der Waals surface area contributed by atoms with Gasteiger partial charge >= 0.3 is 0 Å². The summed E-state index contributed by atoms with van der Waals surface area (Å²) in [5.41, 5.74) is 3.31. The molecule has 2 fully saturated rings. The summed E-state index contributed by atoms with van der Waals surface area (Å²) in [5, 5.41) is 3.50. The Morgan fingerprint density at radius 1 is 1.37 bits per heavy atom. The number of likely N-dealkylation sites (tertiary alicyclic amines) is 1. The van der Waals surface area contributed by atoms with Crippen molar-refractivity contribution in [2.45, 2.75) is 65.0 Å². The lowest BCUT2D eigenvalue weighted by molar-refractivity contribution is -0.129. The van der Waals surface area contributed by atoms with Crippen LogP contribution >= 0.6 is 0 Å². The van der Waals surface area contributed by atoms with Crippen LogP contribution in [0.3, 0.4) is 0 Å². The number of rotatable bonds is 8. The highest BCUT2D eigenvalue weighted by molar-refractivity contribution is 5.78. The summed E-state index contributed by atoms with van der Waals surface area (Å²) < 4.78 is 0. The van der Waals surface area contributed by atoms with Crippen molar-refractivity contribution in [2.24, 2.45) is 17.3 Å². The molecule has 1 N–H and O–H groups in total. The van der Waals surface area contributed by atoms with E-state index in [2.05, 4.69) is 41.2 Å². The average molecular weight is 368 g/mol. The Kier molecular flexibility index (Phi) is 5.36. The van der Waals surface area contributed by atoms with Gasteiger partial charge in [-0.25, -0.2) is 0 Å². The molecule has 0 spiro atoms. The Labute approximate surface area is 163 Å². The number of carbonyl (C=O) groups is 1. The molecule has 4 aliphatic rings. The highest BCUT2D eigenvalue weighted by Gasteiger charge is 2.50. The first-order valence-corrected chi connectivity index (χ1v) is 10.6. The smallest absolute Gasteiger partial charge is 0.222 e. The van der Waals surface area contributed by atoms with Crippen LogP contribution in [0.25, 0.3) is 0 Å². The van der Waals surface area contributed by atoms with Crippen molar-refractivity contribution >= 4 is 5.91 Å². The van der Waals surface area contributed by atoms with E-state index in [0.717, 1.165) is 57.2 Å². The SMILES string of the molecule is CC1(C)[C@H]2CC=C(CCN3C(=O)CCC3CCNCc3cccnc3)[C@@H]1C2. The summed E-state index contributed by atoms with van der Waals surface area (Å²) in [4.78, 5) is 18.7. The Morgan fingerprint density at radius 2 is 2.26 bits per heavy atom. The maximum absolute atomic E-state index is 12.4. The van der Waals surface area contributed by atoms with Gasteiger partial charge in [0.25, 0.3) is 0 Å². The number of nitrogens with one attached hydrogen (secondary N) is 1. The molecule has 2 heterocycles. The summed E-state index contributed by atoms with van der Waals surface area (Å²) in [6, 6.07) is 4.47. The highest BCUT2D eigenvalue weighted by atomic mass is 16.2. The number of nitrogens with zero attached hydrogens (tertiary/aromatic N) is 2. The molecule has 4 nitrogen and oxygen atoms in total. The molecule has 27 heavy (non-hydrogen) atoms. The predicted molar refractivity (Wildman–Crippen MR) is 108 cm³/mol.